The van der Waals surface area contributed by atoms with Crippen LogP contribution in [0.1, 0.15) is 123 Å². The van der Waals surface area contributed by atoms with Crippen molar-refractivity contribution >= 4 is 6.29 Å². The molecule has 0 bridgehead atoms. The molecule has 0 aliphatic rings. The lowest BCUT2D eigenvalue weighted by atomic mass is 9.92. The van der Waals surface area contributed by atoms with Gasteiger partial charge in [-0.1, -0.05) is 117 Å². The highest BCUT2D eigenvalue weighted by molar-refractivity contribution is 5.49. The third-order valence-electron chi connectivity index (χ3n) is 4.86. The summed E-state index contributed by atoms with van der Waals surface area (Å²) in [6, 6.07) is 0. The second kappa shape index (κ2) is 18.7. The number of carbonyl (C=O) groups is 1. The largest absolute Gasteiger partial charge is 0.303 e. The van der Waals surface area contributed by atoms with Crippen LogP contribution in [0.15, 0.2) is 0 Å². The van der Waals surface area contributed by atoms with Crippen molar-refractivity contribution in [1.29, 1.82) is 0 Å². The second-order valence-corrected chi connectivity index (χ2v) is 7.09. The molecule has 0 aromatic heterocycles. The number of carbonyl (C=O) groups excluding carboxylic acids is 1. The molecule has 0 aliphatic heterocycles. The number of hydrogen-bond acceptors (Lipinski definition) is 1. The van der Waals surface area contributed by atoms with Crippen molar-refractivity contribution in [3.63, 3.8) is 0 Å². The van der Waals surface area contributed by atoms with Gasteiger partial charge in [-0.2, -0.15) is 0 Å². The van der Waals surface area contributed by atoms with Crippen LogP contribution in [0.5, 0.6) is 0 Å². The van der Waals surface area contributed by atoms with Crippen LogP contribution in [0.3, 0.4) is 0 Å². The van der Waals surface area contributed by atoms with Gasteiger partial charge < -0.3 is 4.79 Å². The zero-order valence-electron chi connectivity index (χ0n) is 15.6. The summed E-state index contributed by atoms with van der Waals surface area (Å²) in [7, 11) is 0. The first-order valence-electron chi connectivity index (χ1n) is 10.3. The van der Waals surface area contributed by atoms with Gasteiger partial charge in [0.25, 0.3) is 0 Å². The zero-order chi connectivity index (χ0) is 16.3. The van der Waals surface area contributed by atoms with E-state index < -0.39 is 0 Å². The van der Waals surface area contributed by atoms with Gasteiger partial charge in [-0.05, 0) is 5.92 Å². The molecule has 0 saturated carbocycles. The molecular formula is C21H42O. The average molecular weight is 311 g/mol. The predicted octanol–water partition coefficient (Wildman–Crippen LogP) is 7.47. The molecule has 0 unspecified atom stereocenters. The molecule has 0 saturated heterocycles. The monoisotopic (exact) mass is 310 g/mol. The minimum Gasteiger partial charge on any atom is -0.303 e. The summed E-state index contributed by atoms with van der Waals surface area (Å²) < 4.78 is 0. The van der Waals surface area contributed by atoms with E-state index in [1.54, 1.807) is 0 Å². The van der Waals surface area contributed by atoms with E-state index in [4.69, 9.17) is 0 Å². The minimum absolute atomic E-state index is 0.670. The molecule has 0 aliphatic carbocycles. The first-order chi connectivity index (χ1) is 10.8. The van der Waals surface area contributed by atoms with Gasteiger partial charge in [0.1, 0.15) is 6.29 Å². The highest BCUT2D eigenvalue weighted by atomic mass is 16.1. The zero-order valence-corrected chi connectivity index (χ0v) is 15.6. The fraction of sp³-hybridized carbons (Fsp3) is 0.952. The molecule has 0 aromatic rings. The predicted molar refractivity (Wildman–Crippen MR) is 99.4 cm³/mol. The Balaban J connectivity index is 3.46. The lowest BCUT2D eigenvalue weighted by Crippen LogP contribution is -2.02. The van der Waals surface area contributed by atoms with Crippen molar-refractivity contribution in [3.8, 4) is 0 Å². The van der Waals surface area contributed by atoms with Crippen LogP contribution in [-0.4, -0.2) is 6.29 Å². The van der Waals surface area contributed by atoms with Crippen molar-refractivity contribution in [2.75, 3.05) is 0 Å². The van der Waals surface area contributed by atoms with Crippen LogP contribution in [0, 0.1) is 5.92 Å². The average Bonchev–Trinajstić information content (AvgIpc) is 2.53. The summed E-state index contributed by atoms with van der Waals surface area (Å²) in [6.07, 6.45) is 23.8. The topological polar surface area (TPSA) is 17.1 Å². The van der Waals surface area contributed by atoms with Gasteiger partial charge in [-0.3, -0.25) is 0 Å². The van der Waals surface area contributed by atoms with E-state index in [9.17, 15) is 4.79 Å². The molecule has 0 amide bonds. The van der Waals surface area contributed by atoms with Gasteiger partial charge in [0, 0.05) is 6.42 Å². The minimum atomic E-state index is 0.670. The van der Waals surface area contributed by atoms with E-state index in [0.29, 0.717) is 5.92 Å². The first-order valence-corrected chi connectivity index (χ1v) is 10.3. The fourth-order valence-electron chi connectivity index (χ4n) is 3.30. The SMILES string of the molecule is CCCCCCCCCC(CC=O)CCCCCCCCC. The standard InChI is InChI=1S/C21H42O/c1-3-5-7-9-11-13-15-17-21(19-20-22)18-16-14-12-10-8-6-4-2/h20-21H,3-19H2,1-2H3. The van der Waals surface area contributed by atoms with E-state index >= 15 is 0 Å². The Labute approximate surface area is 140 Å². The Morgan fingerprint density at radius 3 is 1.32 bits per heavy atom. The molecule has 0 heterocycles. The van der Waals surface area contributed by atoms with Crippen molar-refractivity contribution in [2.45, 2.75) is 123 Å². The molecular weight excluding hydrogens is 268 g/mol. The van der Waals surface area contributed by atoms with Crippen LogP contribution in [-0.2, 0) is 4.79 Å². The van der Waals surface area contributed by atoms with Gasteiger partial charge in [0.2, 0.25) is 0 Å². The molecule has 0 fully saturated rings. The molecule has 0 radical (unpaired) electrons. The Morgan fingerprint density at radius 2 is 0.955 bits per heavy atom. The maximum atomic E-state index is 10.8. The van der Waals surface area contributed by atoms with Crippen molar-refractivity contribution in [2.24, 2.45) is 5.92 Å². The van der Waals surface area contributed by atoms with Gasteiger partial charge in [0.05, 0.1) is 0 Å². The molecule has 0 rings (SSSR count). The highest BCUT2D eigenvalue weighted by Crippen LogP contribution is 2.21. The summed E-state index contributed by atoms with van der Waals surface area (Å²) in [5, 5.41) is 0. The maximum absolute atomic E-state index is 10.8. The maximum Gasteiger partial charge on any atom is 0.120 e. The molecule has 0 N–H and O–H groups in total. The van der Waals surface area contributed by atoms with Crippen molar-refractivity contribution in [1.82, 2.24) is 0 Å². The van der Waals surface area contributed by atoms with Gasteiger partial charge in [-0.15, -0.1) is 0 Å². The molecule has 132 valence electrons. The van der Waals surface area contributed by atoms with Crippen LogP contribution in [0.2, 0.25) is 0 Å². The van der Waals surface area contributed by atoms with E-state index in [1.165, 1.54) is 103 Å². The van der Waals surface area contributed by atoms with E-state index in [2.05, 4.69) is 13.8 Å². The summed E-state index contributed by atoms with van der Waals surface area (Å²) in [6.45, 7) is 4.54. The highest BCUT2D eigenvalue weighted by Gasteiger charge is 2.07. The Kier molecular flexibility index (Phi) is 18.4. The summed E-state index contributed by atoms with van der Waals surface area (Å²) in [5.74, 6) is 0.670. The third kappa shape index (κ3) is 16.0. The molecule has 0 spiro atoms. The Bertz CT molecular complexity index is 194. The van der Waals surface area contributed by atoms with Gasteiger partial charge in [-0.25, -0.2) is 0 Å². The Morgan fingerprint density at radius 1 is 0.591 bits per heavy atom. The van der Waals surface area contributed by atoms with E-state index in [-0.39, 0.29) is 0 Å². The van der Waals surface area contributed by atoms with Crippen LogP contribution < -0.4 is 0 Å². The van der Waals surface area contributed by atoms with E-state index in [0.717, 1.165) is 12.7 Å². The quantitative estimate of drug-likeness (QED) is 0.189. The molecule has 22 heavy (non-hydrogen) atoms. The molecule has 0 aromatic carbocycles. The normalized spacial score (nSPS) is 11.2. The van der Waals surface area contributed by atoms with Crippen molar-refractivity contribution < 1.29 is 4.79 Å². The number of aldehydes is 1. The Hall–Kier alpha value is -0.330. The molecule has 1 nitrogen and oxygen atoms in total. The van der Waals surface area contributed by atoms with Gasteiger partial charge in [0.15, 0.2) is 0 Å². The lowest BCUT2D eigenvalue weighted by Gasteiger charge is -2.14. The summed E-state index contributed by atoms with van der Waals surface area (Å²) >= 11 is 0. The van der Waals surface area contributed by atoms with E-state index in [1.807, 2.05) is 0 Å². The molecule has 1 heteroatoms. The first kappa shape index (κ1) is 21.7. The summed E-state index contributed by atoms with van der Waals surface area (Å²) in [4.78, 5) is 10.8. The smallest absolute Gasteiger partial charge is 0.120 e. The number of unbranched alkanes of at least 4 members (excludes halogenated alkanes) is 12. The molecule has 0 atom stereocenters. The lowest BCUT2D eigenvalue weighted by molar-refractivity contribution is -0.108. The van der Waals surface area contributed by atoms with Gasteiger partial charge >= 0.3 is 0 Å². The number of hydrogen-bond donors (Lipinski definition) is 0. The number of rotatable bonds is 18. The van der Waals surface area contributed by atoms with Crippen LogP contribution >= 0.6 is 0 Å². The summed E-state index contributed by atoms with van der Waals surface area (Å²) in [5.41, 5.74) is 0. The fourth-order valence-corrected chi connectivity index (χ4v) is 3.30. The van der Waals surface area contributed by atoms with Crippen LogP contribution in [0.4, 0.5) is 0 Å². The van der Waals surface area contributed by atoms with Crippen molar-refractivity contribution in [3.05, 3.63) is 0 Å². The second-order valence-electron chi connectivity index (χ2n) is 7.09. The third-order valence-corrected chi connectivity index (χ3v) is 4.86. The van der Waals surface area contributed by atoms with Crippen LogP contribution in [0.25, 0.3) is 0 Å².